The third-order valence-corrected chi connectivity index (χ3v) is 7.69. The first-order valence-electron chi connectivity index (χ1n) is 7.89. The van der Waals surface area contributed by atoms with Gasteiger partial charge in [-0.3, -0.25) is 4.79 Å². The molecule has 1 aromatic carbocycles. The van der Waals surface area contributed by atoms with Crippen molar-refractivity contribution in [1.82, 2.24) is 4.31 Å². The summed E-state index contributed by atoms with van der Waals surface area (Å²) in [6.07, 6.45) is 1.63. The van der Waals surface area contributed by atoms with Gasteiger partial charge in [0.25, 0.3) is 0 Å². The average molecular weight is 402 g/mol. The Morgan fingerprint density at radius 3 is 2.65 bits per heavy atom. The lowest BCUT2D eigenvalue weighted by molar-refractivity contribution is -0.114. The zero-order chi connectivity index (χ0) is 19.5. The van der Waals surface area contributed by atoms with Gasteiger partial charge in [0, 0.05) is 25.2 Å². The summed E-state index contributed by atoms with van der Waals surface area (Å²) in [5.41, 5.74) is 0.300. The highest BCUT2D eigenvalue weighted by atomic mass is 32.2. The smallest absolute Gasteiger partial charge is 0.247 e. The lowest BCUT2D eigenvalue weighted by Gasteiger charge is -2.27. The molecule has 10 heteroatoms. The molecule has 1 N–H and O–H groups in total. The number of benzene rings is 1. The van der Waals surface area contributed by atoms with E-state index in [-0.39, 0.29) is 41.0 Å². The number of nitrogens with zero attached hydrogens (tertiary/aromatic N) is 1. The summed E-state index contributed by atoms with van der Waals surface area (Å²) >= 11 is 0. The predicted molar refractivity (Wildman–Crippen MR) is 98.4 cm³/mol. The van der Waals surface area contributed by atoms with Crippen molar-refractivity contribution < 1.29 is 26.4 Å². The van der Waals surface area contributed by atoms with Gasteiger partial charge in [-0.25, -0.2) is 16.8 Å². The molecule has 2 rings (SSSR count). The monoisotopic (exact) mass is 402 g/mol. The lowest BCUT2D eigenvalue weighted by atomic mass is 10.2. The molecule has 144 valence electrons. The number of anilines is 1. The fraction of sp³-hybridized carbons (Fsp3) is 0.438. The Bertz CT molecular complexity index is 909. The van der Waals surface area contributed by atoms with Crippen LogP contribution in [0.5, 0.6) is 5.75 Å². The van der Waals surface area contributed by atoms with Crippen molar-refractivity contribution in [2.24, 2.45) is 0 Å². The van der Waals surface area contributed by atoms with Gasteiger partial charge in [-0.2, -0.15) is 4.31 Å². The van der Waals surface area contributed by atoms with Crippen LogP contribution in [0.15, 0.2) is 35.7 Å². The Kier molecular flexibility index (Phi) is 6.09. The molecule has 1 fully saturated rings. The molecule has 1 saturated heterocycles. The van der Waals surface area contributed by atoms with Gasteiger partial charge in [0.15, 0.2) is 9.84 Å². The molecule has 1 aliphatic rings. The van der Waals surface area contributed by atoms with Crippen molar-refractivity contribution in [1.29, 1.82) is 0 Å². The van der Waals surface area contributed by atoms with Crippen LogP contribution in [0.2, 0.25) is 0 Å². The molecule has 1 amide bonds. The topological polar surface area (TPSA) is 110 Å². The first-order chi connectivity index (χ1) is 12.1. The second-order valence-electron chi connectivity index (χ2n) is 5.97. The van der Waals surface area contributed by atoms with Crippen LogP contribution in [-0.4, -0.2) is 58.3 Å². The minimum atomic E-state index is -4.08. The van der Waals surface area contributed by atoms with Crippen molar-refractivity contribution in [3.05, 3.63) is 30.9 Å². The summed E-state index contributed by atoms with van der Waals surface area (Å²) in [6, 6.07) is 3.60. The number of sulfone groups is 1. The number of hydrogen-bond acceptors (Lipinski definition) is 6. The van der Waals surface area contributed by atoms with Gasteiger partial charge in [-0.05, 0) is 24.6 Å². The molecule has 0 spiro atoms. The highest BCUT2D eigenvalue weighted by Gasteiger charge is 2.39. The molecule has 0 saturated carbocycles. The Morgan fingerprint density at radius 2 is 2.15 bits per heavy atom. The third-order valence-electron chi connectivity index (χ3n) is 4.00. The molecular weight excluding hydrogens is 380 g/mol. The molecule has 1 atom stereocenters. The maximum Gasteiger partial charge on any atom is 0.247 e. The number of rotatable bonds is 7. The van der Waals surface area contributed by atoms with E-state index in [2.05, 4.69) is 11.9 Å². The number of nitrogens with one attached hydrogen (secondary N) is 1. The van der Waals surface area contributed by atoms with E-state index >= 15 is 0 Å². The zero-order valence-corrected chi connectivity index (χ0v) is 16.3. The highest BCUT2D eigenvalue weighted by Crippen LogP contribution is 2.32. The highest BCUT2D eigenvalue weighted by molar-refractivity contribution is 7.92. The molecule has 0 bridgehead atoms. The first kappa shape index (κ1) is 20.4. The molecule has 1 heterocycles. The van der Waals surface area contributed by atoms with Crippen molar-refractivity contribution in [2.45, 2.75) is 24.3 Å². The maximum absolute atomic E-state index is 13.2. The standard InChI is InChI=1S/C16H22N2O6S2/c1-4-8-18(14-7-9-25(20,21)11-14)26(22,23)16-10-13(17-12(2)19)5-6-15(16)24-3/h4-6,10,14H,1,7-9,11H2,2-3H3,(H,17,19)/t14-/m1/s1. The lowest BCUT2D eigenvalue weighted by Crippen LogP contribution is -2.41. The average Bonchev–Trinajstić information content (AvgIpc) is 2.91. The number of carbonyl (C=O) groups excluding carboxylic acids is 1. The minimum Gasteiger partial charge on any atom is -0.495 e. The van der Waals surface area contributed by atoms with Gasteiger partial charge < -0.3 is 10.1 Å². The van der Waals surface area contributed by atoms with Gasteiger partial charge >= 0.3 is 0 Å². The number of hydrogen-bond donors (Lipinski definition) is 1. The molecule has 1 aliphatic heterocycles. The van der Waals surface area contributed by atoms with Crippen molar-refractivity contribution in [2.75, 3.05) is 30.5 Å². The molecule has 0 radical (unpaired) electrons. The van der Waals surface area contributed by atoms with Crippen LogP contribution in [0.4, 0.5) is 5.69 Å². The van der Waals surface area contributed by atoms with Crippen LogP contribution < -0.4 is 10.1 Å². The van der Waals surface area contributed by atoms with E-state index in [4.69, 9.17) is 4.74 Å². The van der Waals surface area contributed by atoms with Gasteiger partial charge in [-0.15, -0.1) is 6.58 Å². The molecule has 26 heavy (non-hydrogen) atoms. The Morgan fingerprint density at radius 1 is 1.46 bits per heavy atom. The van der Waals surface area contributed by atoms with Crippen LogP contribution in [0.3, 0.4) is 0 Å². The van der Waals surface area contributed by atoms with E-state index < -0.39 is 25.9 Å². The normalized spacial score (nSPS) is 19.3. The van der Waals surface area contributed by atoms with E-state index in [1.165, 1.54) is 38.3 Å². The second kappa shape index (κ2) is 7.77. The Hall–Kier alpha value is -1.91. The van der Waals surface area contributed by atoms with Crippen molar-refractivity contribution >= 4 is 31.5 Å². The van der Waals surface area contributed by atoms with Crippen LogP contribution >= 0.6 is 0 Å². The maximum atomic E-state index is 13.2. The Balaban J connectivity index is 2.51. The number of carbonyl (C=O) groups is 1. The minimum absolute atomic E-state index is 0.0317. The van der Waals surface area contributed by atoms with E-state index in [0.717, 1.165) is 4.31 Å². The summed E-state index contributed by atoms with van der Waals surface area (Å²) in [6.45, 7) is 4.85. The fourth-order valence-corrected chi connectivity index (χ4v) is 6.49. The number of amides is 1. The Labute approximate surface area is 153 Å². The van der Waals surface area contributed by atoms with E-state index in [9.17, 15) is 21.6 Å². The summed E-state index contributed by atoms with van der Waals surface area (Å²) in [4.78, 5) is 11.1. The molecule has 0 unspecified atom stereocenters. The van der Waals surface area contributed by atoms with Gasteiger partial charge in [0.2, 0.25) is 15.9 Å². The van der Waals surface area contributed by atoms with Crippen LogP contribution in [0.25, 0.3) is 0 Å². The fourth-order valence-electron chi connectivity index (χ4n) is 2.86. The molecule has 0 aliphatic carbocycles. The number of sulfonamides is 1. The summed E-state index contributed by atoms with van der Waals surface area (Å²) in [5, 5.41) is 2.53. The van der Waals surface area contributed by atoms with Gasteiger partial charge in [0.05, 0.1) is 18.6 Å². The van der Waals surface area contributed by atoms with Crippen molar-refractivity contribution in [3.8, 4) is 5.75 Å². The largest absolute Gasteiger partial charge is 0.495 e. The zero-order valence-electron chi connectivity index (χ0n) is 14.6. The van der Waals surface area contributed by atoms with Crippen molar-refractivity contribution in [3.63, 3.8) is 0 Å². The SMILES string of the molecule is C=CCN([C@@H]1CCS(=O)(=O)C1)S(=O)(=O)c1cc(NC(C)=O)ccc1OC. The summed E-state index contributed by atoms with van der Waals surface area (Å²) in [5.74, 6) is -0.519. The molecule has 8 nitrogen and oxygen atoms in total. The molecular formula is C16H22N2O6S2. The van der Waals surface area contributed by atoms with E-state index in [0.29, 0.717) is 5.69 Å². The summed E-state index contributed by atoms with van der Waals surface area (Å²) < 4.78 is 56.3. The van der Waals surface area contributed by atoms with Gasteiger partial charge in [-0.1, -0.05) is 6.08 Å². The quantitative estimate of drug-likeness (QED) is 0.682. The second-order valence-corrected chi connectivity index (χ2v) is 10.1. The first-order valence-corrected chi connectivity index (χ1v) is 11.2. The van der Waals surface area contributed by atoms with Crippen LogP contribution in [0.1, 0.15) is 13.3 Å². The predicted octanol–water partition coefficient (Wildman–Crippen LogP) is 1.02. The van der Waals surface area contributed by atoms with E-state index in [1.807, 2.05) is 0 Å². The van der Waals surface area contributed by atoms with E-state index in [1.54, 1.807) is 0 Å². The van der Waals surface area contributed by atoms with Crippen LogP contribution in [0, 0.1) is 0 Å². The van der Waals surface area contributed by atoms with Gasteiger partial charge in [0.1, 0.15) is 10.6 Å². The number of methoxy groups -OCH3 is 1. The number of ether oxygens (including phenoxy) is 1. The van der Waals surface area contributed by atoms with Crippen LogP contribution in [-0.2, 0) is 24.7 Å². The summed E-state index contributed by atoms with van der Waals surface area (Å²) in [7, 11) is -6.01. The third kappa shape index (κ3) is 4.43. The molecule has 0 aromatic heterocycles. The molecule has 1 aromatic rings.